The number of amides is 1. The summed E-state index contributed by atoms with van der Waals surface area (Å²) in [5, 5.41) is 14.2. The SMILES string of the molecule is CC[C@@H](O)c1cc2n(n1)CCCN(C(=O)CS(=O)(=O)CC)C2. The molecule has 124 valence electrons. The molecule has 7 nitrogen and oxygen atoms in total. The van der Waals surface area contributed by atoms with Crippen molar-refractivity contribution in [2.24, 2.45) is 0 Å². The molecule has 0 saturated carbocycles. The molecule has 1 N–H and O–H groups in total. The first-order valence-electron chi connectivity index (χ1n) is 7.59. The second-order valence-corrected chi connectivity index (χ2v) is 7.91. The van der Waals surface area contributed by atoms with Crippen LogP contribution in [0.3, 0.4) is 0 Å². The minimum atomic E-state index is -3.32. The van der Waals surface area contributed by atoms with Crippen molar-refractivity contribution in [1.29, 1.82) is 0 Å². The molecule has 0 aliphatic carbocycles. The van der Waals surface area contributed by atoms with Crippen LogP contribution in [0.4, 0.5) is 0 Å². The highest BCUT2D eigenvalue weighted by atomic mass is 32.2. The van der Waals surface area contributed by atoms with E-state index in [0.717, 1.165) is 5.69 Å². The number of aromatic nitrogens is 2. The molecule has 1 aliphatic rings. The van der Waals surface area contributed by atoms with Gasteiger partial charge >= 0.3 is 0 Å². The molecule has 2 heterocycles. The fraction of sp³-hybridized carbons (Fsp3) is 0.714. The zero-order chi connectivity index (χ0) is 16.3. The van der Waals surface area contributed by atoms with Crippen molar-refractivity contribution in [1.82, 2.24) is 14.7 Å². The fourth-order valence-electron chi connectivity index (χ4n) is 2.45. The highest BCUT2D eigenvalue weighted by molar-refractivity contribution is 7.92. The first-order chi connectivity index (χ1) is 10.4. The molecule has 1 amide bonds. The number of sulfone groups is 1. The monoisotopic (exact) mass is 329 g/mol. The van der Waals surface area contributed by atoms with Crippen LogP contribution in [0.5, 0.6) is 0 Å². The van der Waals surface area contributed by atoms with Gasteiger partial charge in [0.2, 0.25) is 5.91 Å². The highest BCUT2D eigenvalue weighted by Gasteiger charge is 2.24. The summed E-state index contributed by atoms with van der Waals surface area (Å²) in [7, 11) is -3.32. The molecule has 0 spiro atoms. The fourth-order valence-corrected chi connectivity index (χ4v) is 3.21. The zero-order valence-electron chi connectivity index (χ0n) is 13.0. The summed E-state index contributed by atoms with van der Waals surface area (Å²) in [5.74, 6) is -0.839. The van der Waals surface area contributed by atoms with E-state index in [4.69, 9.17) is 0 Å². The first-order valence-corrected chi connectivity index (χ1v) is 9.41. The Hall–Kier alpha value is -1.41. The Morgan fingerprint density at radius 2 is 2.14 bits per heavy atom. The molecular weight excluding hydrogens is 306 g/mol. The summed E-state index contributed by atoms with van der Waals surface area (Å²) in [4.78, 5) is 13.8. The number of hydrogen-bond acceptors (Lipinski definition) is 5. The largest absolute Gasteiger partial charge is 0.387 e. The van der Waals surface area contributed by atoms with E-state index in [2.05, 4.69) is 5.10 Å². The topological polar surface area (TPSA) is 92.5 Å². The third-order valence-electron chi connectivity index (χ3n) is 3.90. The Morgan fingerprint density at radius 1 is 1.41 bits per heavy atom. The molecule has 22 heavy (non-hydrogen) atoms. The van der Waals surface area contributed by atoms with Gasteiger partial charge in [-0.25, -0.2) is 8.42 Å². The Kier molecular flexibility index (Phi) is 5.23. The van der Waals surface area contributed by atoms with Crippen molar-refractivity contribution < 1.29 is 18.3 Å². The summed E-state index contributed by atoms with van der Waals surface area (Å²) in [5.41, 5.74) is 1.44. The Labute approximate surface area is 130 Å². The van der Waals surface area contributed by atoms with Gasteiger partial charge in [0.1, 0.15) is 5.75 Å². The number of aryl methyl sites for hydroxylation is 1. The Morgan fingerprint density at radius 3 is 2.77 bits per heavy atom. The molecule has 1 aromatic rings. The van der Waals surface area contributed by atoms with Gasteiger partial charge in [0.25, 0.3) is 0 Å². The second-order valence-electron chi connectivity index (χ2n) is 5.55. The van der Waals surface area contributed by atoms with Gasteiger partial charge in [-0.05, 0) is 18.9 Å². The number of fused-ring (bicyclic) bond motifs is 1. The molecule has 2 rings (SSSR count). The summed E-state index contributed by atoms with van der Waals surface area (Å²) < 4.78 is 25.0. The van der Waals surface area contributed by atoms with Gasteiger partial charge in [-0.1, -0.05) is 13.8 Å². The third-order valence-corrected chi connectivity index (χ3v) is 5.46. The van der Waals surface area contributed by atoms with Gasteiger partial charge in [0.15, 0.2) is 9.84 Å². The molecule has 0 aromatic carbocycles. The lowest BCUT2D eigenvalue weighted by Gasteiger charge is -2.19. The number of hydrogen-bond donors (Lipinski definition) is 1. The van der Waals surface area contributed by atoms with Crippen LogP contribution >= 0.6 is 0 Å². The lowest BCUT2D eigenvalue weighted by Crippen LogP contribution is -2.35. The van der Waals surface area contributed by atoms with E-state index in [0.29, 0.717) is 38.2 Å². The van der Waals surface area contributed by atoms with Crippen LogP contribution in [0.2, 0.25) is 0 Å². The Balaban J connectivity index is 2.14. The maximum atomic E-state index is 12.2. The van der Waals surface area contributed by atoms with Gasteiger partial charge < -0.3 is 10.0 Å². The molecule has 0 saturated heterocycles. The van der Waals surface area contributed by atoms with Crippen LogP contribution in [0.15, 0.2) is 6.07 Å². The van der Waals surface area contributed by atoms with Gasteiger partial charge in [0.05, 0.1) is 24.0 Å². The zero-order valence-corrected chi connectivity index (χ0v) is 13.8. The average Bonchev–Trinajstić information content (AvgIpc) is 2.77. The van der Waals surface area contributed by atoms with Gasteiger partial charge in [-0.15, -0.1) is 0 Å². The number of aliphatic hydroxyl groups is 1. The Bertz CT molecular complexity index is 639. The van der Waals surface area contributed by atoms with Crippen molar-refractivity contribution in [3.8, 4) is 0 Å². The average molecular weight is 329 g/mol. The minimum absolute atomic E-state index is 0.0304. The van der Waals surface area contributed by atoms with E-state index in [1.165, 1.54) is 0 Å². The van der Waals surface area contributed by atoms with E-state index >= 15 is 0 Å². The molecule has 0 unspecified atom stereocenters. The van der Waals surface area contributed by atoms with E-state index in [1.807, 2.05) is 6.92 Å². The molecule has 1 atom stereocenters. The number of carbonyl (C=O) groups excluding carboxylic acids is 1. The number of carbonyl (C=O) groups is 1. The molecule has 1 aromatic heterocycles. The van der Waals surface area contributed by atoms with Gasteiger partial charge in [-0.3, -0.25) is 9.48 Å². The van der Waals surface area contributed by atoms with Crippen LogP contribution < -0.4 is 0 Å². The summed E-state index contributed by atoms with van der Waals surface area (Å²) in [6.07, 6.45) is 0.686. The molecular formula is C14H23N3O4S. The number of nitrogens with zero attached hydrogens (tertiary/aromatic N) is 3. The standard InChI is InChI=1S/C14H23N3O4S/c1-3-13(18)12-8-11-9-16(6-5-7-17(11)15-12)14(19)10-22(20,21)4-2/h8,13,18H,3-7,9-10H2,1-2H3/t13-/m1/s1. The highest BCUT2D eigenvalue weighted by Crippen LogP contribution is 2.20. The van der Waals surface area contributed by atoms with Crippen molar-refractivity contribution in [2.45, 2.75) is 45.9 Å². The predicted octanol–water partition coefficient (Wildman–Crippen LogP) is 0.494. The molecule has 1 aliphatic heterocycles. The van der Waals surface area contributed by atoms with Crippen LogP contribution in [0.25, 0.3) is 0 Å². The third kappa shape index (κ3) is 3.86. The van der Waals surface area contributed by atoms with Crippen molar-refractivity contribution in [3.63, 3.8) is 0 Å². The lowest BCUT2D eigenvalue weighted by molar-refractivity contribution is -0.129. The first kappa shape index (κ1) is 17.0. The molecule has 0 bridgehead atoms. The van der Waals surface area contributed by atoms with Gasteiger partial charge in [0, 0.05) is 18.8 Å². The predicted molar refractivity (Wildman–Crippen MR) is 81.8 cm³/mol. The van der Waals surface area contributed by atoms with E-state index in [1.54, 1.807) is 22.6 Å². The van der Waals surface area contributed by atoms with Crippen molar-refractivity contribution in [3.05, 3.63) is 17.5 Å². The second kappa shape index (κ2) is 6.78. The maximum Gasteiger partial charge on any atom is 0.238 e. The minimum Gasteiger partial charge on any atom is -0.387 e. The number of rotatable bonds is 5. The molecule has 0 fully saturated rings. The van der Waals surface area contributed by atoms with Crippen LogP contribution in [0, 0.1) is 0 Å². The van der Waals surface area contributed by atoms with Crippen LogP contribution in [0.1, 0.15) is 44.2 Å². The summed E-state index contributed by atoms with van der Waals surface area (Å²) in [6, 6.07) is 1.80. The smallest absolute Gasteiger partial charge is 0.238 e. The summed E-state index contributed by atoms with van der Waals surface area (Å²) >= 11 is 0. The van der Waals surface area contributed by atoms with Crippen LogP contribution in [-0.4, -0.2) is 52.2 Å². The van der Waals surface area contributed by atoms with E-state index in [9.17, 15) is 18.3 Å². The molecule has 0 radical (unpaired) electrons. The van der Waals surface area contributed by atoms with Crippen molar-refractivity contribution >= 4 is 15.7 Å². The molecule has 8 heteroatoms. The van der Waals surface area contributed by atoms with Crippen molar-refractivity contribution in [2.75, 3.05) is 18.1 Å². The number of aliphatic hydroxyl groups excluding tert-OH is 1. The summed E-state index contributed by atoms with van der Waals surface area (Å²) in [6.45, 7) is 4.93. The van der Waals surface area contributed by atoms with Gasteiger partial charge in [-0.2, -0.15) is 5.10 Å². The quantitative estimate of drug-likeness (QED) is 0.849. The van der Waals surface area contributed by atoms with Crippen LogP contribution in [-0.2, 0) is 27.7 Å². The van der Waals surface area contributed by atoms with E-state index in [-0.39, 0.29) is 11.7 Å². The maximum absolute atomic E-state index is 12.2. The van der Waals surface area contributed by atoms with E-state index < -0.39 is 21.7 Å². The normalized spacial score (nSPS) is 17.0. The lowest BCUT2D eigenvalue weighted by atomic mass is 10.2.